The van der Waals surface area contributed by atoms with Gasteiger partial charge in [0, 0.05) is 6.04 Å². The molecule has 0 spiro atoms. The van der Waals surface area contributed by atoms with Gasteiger partial charge in [-0.2, -0.15) is 0 Å². The first-order valence-corrected chi connectivity index (χ1v) is 5.90. The molecule has 0 saturated heterocycles. The molecule has 17 heavy (non-hydrogen) atoms. The average molecular weight is 234 g/mol. The molecule has 1 aromatic heterocycles. The molecule has 0 fully saturated rings. The predicted molar refractivity (Wildman–Crippen MR) is 68.1 cm³/mol. The second-order valence-corrected chi connectivity index (χ2v) is 4.74. The third kappa shape index (κ3) is 2.58. The maximum atomic E-state index is 11.1. The Morgan fingerprint density at radius 1 is 1.41 bits per heavy atom. The third-order valence-electron chi connectivity index (χ3n) is 2.90. The number of hydrogen-bond acceptors (Lipinski definition) is 3. The summed E-state index contributed by atoms with van der Waals surface area (Å²) in [5.41, 5.74) is 2.52. The third-order valence-corrected chi connectivity index (χ3v) is 2.90. The van der Waals surface area contributed by atoms with E-state index in [0.717, 1.165) is 17.5 Å². The van der Waals surface area contributed by atoms with Gasteiger partial charge in [-0.15, -0.1) is 0 Å². The molecule has 0 aliphatic carbocycles. The average Bonchev–Trinajstić information content (AvgIpc) is 2.64. The van der Waals surface area contributed by atoms with E-state index >= 15 is 0 Å². The van der Waals surface area contributed by atoms with Gasteiger partial charge >= 0.3 is 5.76 Å². The molecule has 1 aromatic carbocycles. The Balaban J connectivity index is 2.36. The normalized spacial score (nSPS) is 13.4. The first-order valence-electron chi connectivity index (χ1n) is 5.90. The van der Waals surface area contributed by atoms with Crippen molar-refractivity contribution in [2.75, 3.05) is 7.05 Å². The van der Waals surface area contributed by atoms with Crippen LogP contribution in [0.3, 0.4) is 0 Å². The van der Waals surface area contributed by atoms with Gasteiger partial charge in [0.25, 0.3) is 0 Å². The molecule has 1 heterocycles. The molecule has 0 amide bonds. The summed E-state index contributed by atoms with van der Waals surface area (Å²) in [6.07, 6.45) is 1.05. The van der Waals surface area contributed by atoms with Crippen LogP contribution in [-0.4, -0.2) is 12.0 Å². The predicted octanol–water partition coefficient (Wildman–Crippen LogP) is 2.43. The van der Waals surface area contributed by atoms with Crippen LogP contribution in [0.5, 0.6) is 0 Å². The van der Waals surface area contributed by atoms with Gasteiger partial charge in [0.1, 0.15) is 0 Å². The van der Waals surface area contributed by atoms with Crippen molar-refractivity contribution in [1.82, 2.24) is 10.3 Å². The summed E-state index contributed by atoms with van der Waals surface area (Å²) in [7, 11) is 1.95. The molecular weight excluding hydrogens is 216 g/mol. The molecule has 0 aliphatic rings. The molecular formula is C13H18N2O2. The molecule has 0 bridgehead atoms. The van der Waals surface area contributed by atoms with Crippen LogP contribution < -0.4 is 11.1 Å². The summed E-state index contributed by atoms with van der Waals surface area (Å²) in [6, 6.07) is 6.13. The van der Waals surface area contributed by atoms with Crippen LogP contribution in [0.15, 0.2) is 27.4 Å². The summed E-state index contributed by atoms with van der Waals surface area (Å²) < 4.78 is 5.07. The number of H-pyrrole nitrogens is 1. The molecule has 92 valence electrons. The smallest absolute Gasteiger partial charge is 0.408 e. The minimum Gasteiger partial charge on any atom is -0.408 e. The fraction of sp³-hybridized carbons (Fsp3) is 0.462. The zero-order valence-corrected chi connectivity index (χ0v) is 10.4. The number of aromatic amines is 1. The monoisotopic (exact) mass is 234 g/mol. The summed E-state index contributed by atoms with van der Waals surface area (Å²) in [5.74, 6) is 0.211. The molecule has 0 saturated carbocycles. The number of hydrogen-bond donors (Lipinski definition) is 2. The number of oxazole rings is 1. The topological polar surface area (TPSA) is 58.0 Å². The van der Waals surface area contributed by atoms with Crippen LogP contribution >= 0.6 is 0 Å². The quantitative estimate of drug-likeness (QED) is 0.854. The van der Waals surface area contributed by atoms with Crippen molar-refractivity contribution in [3.63, 3.8) is 0 Å². The number of aromatic nitrogens is 1. The van der Waals surface area contributed by atoms with Crippen LogP contribution in [0.2, 0.25) is 0 Å². The standard InChI is InChI=1S/C13H18N2O2/c1-8(2)6-11(14-3)9-4-5-10-12(7-9)17-13(16)15-10/h4-5,7-8,11,14H,6H2,1-3H3,(H,15,16). The zero-order valence-electron chi connectivity index (χ0n) is 10.4. The first-order chi connectivity index (χ1) is 8.10. The molecule has 1 unspecified atom stereocenters. The van der Waals surface area contributed by atoms with Gasteiger partial charge in [0.15, 0.2) is 5.58 Å². The zero-order chi connectivity index (χ0) is 12.4. The van der Waals surface area contributed by atoms with E-state index < -0.39 is 5.76 Å². The van der Waals surface area contributed by atoms with Crippen molar-refractivity contribution in [1.29, 1.82) is 0 Å². The molecule has 2 aromatic rings. The van der Waals surface area contributed by atoms with Gasteiger partial charge in [-0.3, -0.25) is 4.98 Å². The number of benzene rings is 1. The van der Waals surface area contributed by atoms with E-state index in [2.05, 4.69) is 24.1 Å². The molecule has 0 radical (unpaired) electrons. The second-order valence-electron chi connectivity index (χ2n) is 4.74. The molecule has 2 N–H and O–H groups in total. The lowest BCUT2D eigenvalue weighted by atomic mass is 9.97. The Hall–Kier alpha value is -1.55. The Kier molecular flexibility index (Phi) is 3.33. The molecule has 1 atom stereocenters. The molecule has 0 aliphatic heterocycles. The van der Waals surface area contributed by atoms with E-state index in [0.29, 0.717) is 17.5 Å². The first kappa shape index (κ1) is 11.9. The summed E-state index contributed by atoms with van der Waals surface area (Å²) in [6.45, 7) is 4.39. The van der Waals surface area contributed by atoms with Gasteiger partial charge in [0.05, 0.1) is 5.52 Å². The summed E-state index contributed by atoms with van der Waals surface area (Å²) in [5, 5.41) is 3.29. The summed E-state index contributed by atoms with van der Waals surface area (Å²) >= 11 is 0. The molecule has 2 rings (SSSR count). The maximum Gasteiger partial charge on any atom is 0.417 e. The highest BCUT2D eigenvalue weighted by Crippen LogP contribution is 2.23. The van der Waals surface area contributed by atoms with Crippen LogP contribution in [0.1, 0.15) is 31.9 Å². The van der Waals surface area contributed by atoms with E-state index in [9.17, 15) is 4.79 Å². The SMILES string of the molecule is CNC(CC(C)C)c1ccc2[nH]c(=O)oc2c1. The number of nitrogens with one attached hydrogen (secondary N) is 2. The number of fused-ring (bicyclic) bond motifs is 1. The van der Waals surface area contributed by atoms with Crippen LogP contribution in [-0.2, 0) is 0 Å². The molecule has 4 heteroatoms. The highest BCUT2D eigenvalue weighted by Gasteiger charge is 2.12. The highest BCUT2D eigenvalue weighted by molar-refractivity contribution is 5.72. The Morgan fingerprint density at radius 2 is 2.18 bits per heavy atom. The van der Waals surface area contributed by atoms with Crippen LogP contribution in [0.25, 0.3) is 11.1 Å². The fourth-order valence-electron chi connectivity index (χ4n) is 2.07. The second kappa shape index (κ2) is 4.75. The van der Waals surface area contributed by atoms with E-state index in [1.165, 1.54) is 0 Å². The largest absolute Gasteiger partial charge is 0.417 e. The van der Waals surface area contributed by atoms with Gasteiger partial charge in [-0.25, -0.2) is 4.79 Å². The van der Waals surface area contributed by atoms with Gasteiger partial charge in [-0.1, -0.05) is 19.9 Å². The van der Waals surface area contributed by atoms with Crippen molar-refractivity contribution in [2.45, 2.75) is 26.3 Å². The van der Waals surface area contributed by atoms with Gasteiger partial charge < -0.3 is 9.73 Å². The Labute approximate surface area is 100 Å². The minimum absolute atomic E-state index is 0.291. The number of rotatable bonds is 4. The lowest BCUT2D eigenvalue weighted by Crippen LogP contribution is -2.18. The van der Waals surface area contributed by atoms with Crippen molar-refractivity contribution in [3.8, 4) is 0 Å². The van der Waals surface area contributed by atoms with Crippen LogP contribution in [0.4, 0.5) is 0 Å². The fourth-order valence-corrected chi connectivity index (χ4v) is 2.07. The lowest BCUT2D eigenvalue weighted by Gasteiger charge is -2.18. The van der Waals surface area contributed by atoms with E-state index in [-0.39, 0.29) is 0 Å². The van der Waals surface area contributed by atoms with Gasteiger partial charge in [0.2, 0.25) is 0 Å². The van der Waals surface area contributed by atoms with Gasteiger partial charge in [-0.05, 0) is 37.1 Å². The highest BCUT2D eigenvalue weighted by atomic mass is 16.4. The van der Waals surface area contributed by atoms with Crippen LogP contribution in [0, 0.1) is 5.92 Å². The molecule has 4 nitrogen and oxygen atoms in total. The Bertz CT molecular complexity index is 554. The van der Waals surface area contributed by atoms with Crippen molar-refractivity contribution in [3.05, 3.63) is 34.3 Å². The Morgan fingerprint density at radius 3 is 2.82 bits per heavy atom. The van der Waals surface area contributed by atoms with Crippen molar-refractivity contribution in [2.24, 2.45) is 5.92 Å². The van der Waals surface area contributed by atoms with Crippen molar-refractivity contribution < 1.29 is 4.42 Å². The lowest BCUT2D eigenvalue weighted by molar-refractivity contribution is 0.456. The minimum atomic E-state index is -0.401. The van der Waals surface area contributed by atoms with E-state index in [4.69, 9.17) is 4.42 Å². The summed E-state index contributed by atoms with van der Waals surface area (Å²) in [4.78, 5) is 13.7. The van der Waals surface area contributed by atoms with E-state index in [1.54, 1.807) is 0 Å². The van der Waals surface area contributed by atoms with Crippen molar-refractivity contribution >= 4 is 11.1 Å². The van der Waals surface area contributed by atoms with E-state index in [1.807, 2.05) is 25.2 Å². The maximum absolute atomic E-state index is 11.1.